The minimum Gasteiger partial charge on any atom is -0.467 e. The molecule has 0 fully saturated rings. The third kappa shape index (κ3) is 2.01. The second-order valence-corrected chi connectivity index (χ2v) is 4.13. The quantitative estimate of drug-likeness (QED) is 0.805. The van der Waals surface area contributed by atoms with Crippen LogP contribution in [0.5, 0.6) is 0 Å². The van der Waals surface area contributed by atoms with Crippen LogP contribution >= 0.6 is 0 Å². The number of aliphatic hydroxyl groups is 1. The van der Waals surface area contributed by atoms with E-state index in [0.29, 0.717) is 5.56 Å². The number of hydrogen-bond acceptors (Lipinski definition) is 3. The summed E-state index contributed by atoms with van der Waals surface area (Å²) in [5.41, 5.74) is -1.08. The van der Waals surface area contributed by atoms with Crippen LogP contribution in [0.1, 0.15) is 12.5 Å². The van der Waals surface area contributed by atoms with E-state index in [4.69, 9.17) is 0 Å². The van der Waals surface area contributed by atoms with Crippen molar-refractivity contribution in [3.05, 3.63) is 48.0 Å². The van der Waals surface area contributed by atoms with Crippen LogP contribution in [0.2, 0.25) is 0 Å². The van der Waals surface area contributed by atoms with E-state index < -0.39 is 11.6 Å². The Balaban J connectivity index is 2.53. The van der Waals surface area contributed by atoms with Crippen molar-refractivity contribution in [1.82, 2.24) is 0 Å². The Labute approximate surface area is 99.6 Å². The molecule has 2 aromatic rings. The van der Waals surface area contributed by atoms with E-state index >= 15 is 0 Å². The van der Waals surface area contributed by atoms with Gasteiger partial charge < -0.3 is 9.84 Å². The van der Waals surface area contributed by atoms with Crippen molar-refractivity contribution in [2.24, 2.45) is 0 Å². The van der Waals surface area contributed by atoms with Crippen LogP contribution in [0.15, 0.2) is 42.5 Å². The number of ether oxygens (including phenoxy) is 1. The van der Waals surface area contributed by atoms with Crippen molar-refractivity contribution in [2.75, 3.05) is 7.11 Å². The molecule has 88 valence electrons. The molecule has 0 aliphatic rings. The number of esters is 1. The molecule has 3 nitrogen and oxygen atoms in total. The second-order valence-electron chi connectivity index (χ2n) is 4.13. The van der Waals surface area contributed by atoms with Gasteiger partial charge in [-0.15, -0.1) is 0 Å². The first-order valence-corrected chi connectivity index (χ1v) is 5.36. The minimum atomic E-state index is -1.61. The van der Waals surface area contributed by atoms with Gasteiger partial charge in [0, 0.05) is 0 Å². The van der Waals surface area contributed by atoms with E-state index in [0.717, 1.165) is 10.8 Å². The van der Waals surface area contributed by atoms with E-state index in [-0.39, 0.29) is 0 Å². The first-order chi connectivity index (χ1) is 8.05. The number of carbonyl (C=O) groups excluding carboxylic acids is 1. The Kier molecular flexibility index (Phi) is 2.86. The zero-order chi connectivity index (χ0) is 12.5. The first-order valence-electron chi connectivity index (χ1n) is 5.36. The molecule has 0 saturated heterocycles. The molecule has 2 aromatic carbocycles. The van der Waals surface area contributed by atoms with Crippen molar-refractivity contribution >= 4 is 16.7 Å². The Hall–Kier alpha value is -1.87. The van der Waals surface area contributed by atoms with Crippen LogP contribution in [0, 0.1) is 0 Å². The highest BCUT2D eigenvalue weighted by Crippen LogP contribution is 2.25. The molecule has 1 N–H and O–H groups in total. The van der Waals surface area contributed by atoms with Crippen LogP contribution in [-0.4, -0.2) is 18.2 Å². The lowest BCUT2D eigenvalue weighted by molar-refractivity contribution is -0.161. The zero-order valence-electron chi connectivity index (χ0n) is 9.81. The van der Waals surface area contributed by atoms with Gasteiger partial charge in [-0.1, -0.05) is 36.4 Å². The smallest absolute Gasteiger partial charge is 0.342 e. The molecule has 17 heavy (non-hydrogen) atoms. The Morgan fingerprint density at radius 3 is 2.47 bits per heavy atom. The molecule has 0 aliphatic carbocycles. The molecule has 0 aromatic heterocycles. The van der Waals surface area contributed by atoms with Crippen LogP contribution in [0.4, 0.5) is 0 Å². The topological polar surface area (TPSA) is 46.5 Å². The van der Waals surface area contributed by atoms with Gasteiger partial charge in [-0.2, -0.15) is 0 Å². The number of rotatable bonds is 2. The number of benzene rings is 2. The number of fused-ring (bicyclic) bond motifs is 1. The molecular weight excluding hydrogens is 216 g/mol. The monoisotopic (exact) mass is 230 g/mol. The van der Waals surface area contributed by atoms with Crippen molar-refractivity contribution in [2.45, 2.75) is 12.5 Å². The largest absolute Gasteiger partial charge is 0.467 e. The molecule has 1 unspecified atom stereocenters. The lowest BCUT2D eigenvalue weighted by Crippen LogP contribution is -2.33. The van der Waals surface area contributed by atoms with E-state index in [1.807, 2.05) is 30.3 Å². The maximum absolute atomic E-state index is 11.5. The Morgan fingerprint density at radius 1 is 1.18 bits per heavy atom. The van der Waals surface area contributed by atoms with E-state index in [2.05, 4.69) is 4.74 Å². The van der Waals surface area contributed by atoms with Gasteiger partial charge in [0.1, 0.15) is 0 Å². The van der Waals surface area contributed by atoms with Crippen molar-refractivity contribution in [3.63, 3.8) is 0 Å². The highest BCUT2D eigenvalue weighted by molar-refractivity contribution is 5.86. The summed E-state index contributed by atoms with van der Waals surface area (Å²) in [6.45, 7) is 1.43. The van der Waals surface area contributed by atoms with Gasteiger partial charge in [-0.05, 0) is 29.3 Å². The highest BCUT2D eigenvalue weighted by Gasteiger charge is 2.33. The Morgan fingerprint density at radius 2 is 1.82 bits per heavy atom. The number of hydrogen-bond donors (Lipinski definition) is 1. The maximum atomic E-state index is 11.5. The van der Waals surface area contributed by atoms with E-state index in [1.54, 1.807) is 12.1 Å². The Bertz CT molecular complexity index is 558. The normalized spacial score (nSPS) is 14.3. The third-order valence-corrected chi connectivity index (χ3v) is 2.89. The summed E-state index contributed by atoms with van der Waals surface area (Å²) in [6, 6.07) is 13.2. The van der Waals surface area contributed by atoms with Gasteiger partial charge in [-0.3, -0.25) is 0 Å². The summed E-state index contributed by atoms with van der Waals surface area (Å²) in [7, 11) is 1.26. The van der Waals surface area contributed by atoms with Crippen molar-refractivity contribution in [3.8, 4) is 0 Å². The van der Waals surface area contributed by atoms with E-state index in [1.165, 1.54) is 14.0 Å². The summed E-state index contributed by atoms with van der Waals surface area (Å²) in [5, 5.41) is 12.2. The lowest BCUT2D eigenvalue weighted by Gasteiger charge is -2.20. The fourth-order valence-electron chi connectivity index (χ4n) is 1.81. The predicted octanol–water partition coefficient (Wildman–Crippen LogP) is 2.22. The lowest BCUT2D eigenvalue weighted by atomic mass is 9.94. The zero-order valence-corrected chi connectivity index (χ0v) is 9.81. The molecule has 0 spiro atoms. The van der Waals surface area contributed by atoms with Gasteiger partial charge in [0.15, 0.2) is 5.60 Å². The molecular formula is C14H14O3. The van der Waals surface area contributed by atoms with Crippen LogP contribution < -0.4 is 0 Å². The van der Waals surface area contributed by atoms with Crippen molar-refractivity contribution < 1.29 is 14.6 Å². The van der Waals surface area contributed by atoms with Crippen LogP contribution in [0.3, 0.4) is 0 Å². The van der Waals surface area contributed by atoms with E-state index in [9.17, 15) is 9.90 Å². The van der Waals surface area contributed by atoms with Gasteiger partial charge in [0.25, 0.3) is 0 Å². The summed E-state index contributed by atoms with van der Waals surface area (Å²) >= 11 is 0. The summed E-state index contributed by atoms with van der Waals surface area (Å²) < 4.78 is 4.59. The fraction of sp³-hybridized carbons (Fsp3) is 0.214. The van der Waals surface area contributed by atoms with Crippen molar-refractivity contribution in [1.29, 1.82) is 0 Å². The second kappa shape index (κ2) is 4.18. The third-order valence-electron chi connectivity index (χ3n) is 2.89. The fourth-order valence-corrected chi connectivity index (χ4v) is 1.81. The molecule has 0 radical (unpaired) electrons. The van der Waals surface area contributed by atoms with Gasteiger partial charge in [0.05, 0.1) is 7.11 Å². The average molecular weight is 230 g/mol. The molecule has 0 heterocycles. The van der Waals surface area contributed by atoms with Gasteiger partial charge in [-0.25, -0.2) is 4.79 Å². The molecule has 0 bridgehead atoms. The molecule has 0 saturated carbocycles. The number of methoxy groups -OCH3 is 1. The molecule has 2 rings (SSSR count). The van der Waals surface area contributed by atoms with Gasteiger partial charge >= 0.3 is 5.97 Å². The molecule has 1 atom stereocenters. The van der Waals surface area contributed by atoms with Crippen LogP contribution in [-0.2, 0) is 15.1 Å². The molecule has 0 aliphatic heterocycles. The summed E-state index contributed by atoms with van der Waals surface area (Å²) in [6.07, 6.45) is 0. The summed E-state index contributed by atoms with van der Waals surface area (Å²) in [4.78, 5) is 11.5. The summed E-state index contributed by atoms with van der Waals surface area (Å²) in [5.74, 6) is -0.659. The minimum absolute atomic E-state index is 0.531. The molecule has 3 heteroatoms. The predicted molar refractivity (Wildman–Crippen MR) is 65.5 cm³/mol. The number of carbonyl (C=O) groups is 1. The van der Waals surface area contributed by atoms with Gasteiger partial charge in [0.2, 0.25) is 0 Å². The average Bonchev–Trinajstić information content (AvgIpc) is 2.37. The van der Waals surface area contributed by atoms with Crippen LogP contribution in [0.25, 0.3) is 10.8 Å². The highest BCUT2D eigenvalue weighted by atomic mass is 16.5. The SMILES string of the molecule is COC(=O)C(C)(O)c1ccc2ccccc2c1. The molecule has 0 amide bonds. The maximum Gasteiger partial charge on any atom is 0.342 e. The first kappa shape index (κ1) is 11.6. The standard InChI is InChI=1S/C14H14O3/c1-14(16,13(15)17-2)12-8-7-10-5-3-4-6-11(10)9-12/h3-9,16H,1-2H3.